The molecule has 1 aliphatic heterocycles. The molecule has 5 aliphatic rings. The monoisotopic (exact) mass is 605 g/mol. The van der Waals surface area contributed by atoms with Gasteiger partial charge < -0.3 is 15.3 Å². The van der Waals surface area contributed by atoms with Crippen LogP contribution >= 0.6 is 0 Å². The minimum Gasteiger partial charge on any atom is -0.393 e. The van der Waals surface area contributed by atoms with E-state index in [9.17, 15) is 24.8 Å². The number of carbonyl (C=O) groups is 3. The van der Waals surface area contributed by atoms with Crippen LogP contribution in [0.2, 0.25) is 0 Å². The standard InChI is InChI=1S/C37H55N3O4/c1-32(2)13-9-26-27(42)21-29-35(6)22-24(23-38)30(43)33(3,4)28(35)10-14-37(29,8)36(26,7)18-17-34(5,16-15-32)39-31(44)40-19-11-25(41)12-20-40/h21-22,25-26,28,41H,9-20H2,1-8H3,(H,39,44)/t26?,28-,34-,35-,36+,37+/m0/s1. The quantitative estimate of drug-likeness (QED) is 0.338. The van der Waals surface area contributed by atoms with Crippen molar-refractivity contribution in [3.05, 3.63) is 23.3 Å². The number of amides is 2. The fraction of sp³-hybridized carbons (Fsp3) is 0.784. The number of aliphatic hydroxyl groups excluding tert-OH is 1. The number of hydrogen-bond acceptors (Lipinski definition) is 5. The summed E-state index contributed by atoms with van der Waals surface area (Å²) in [7, 11) is 0. The van der Waals surface area contributed by atoms with Crippen LogP contribution in [0.3, 0.4) is 0 Å². The lowest BCUT2D eigenvalue weighted by atomic mass is 9.38. The van der Waals surface area contributed by atoms with Gasteiger partial charge in [0.2, 0.25) is 0 Å². The third kappa shape index (κ3) is 5.17. The van der Waals surface area contributed by atoms with E-state index in [2.05, 4.69) is 52.9 Å². The maximum absolute atomic E-state index is 14.3. The summed E-state index contributed by atoms with van der Waals surface area (Å²) in [5.41, 5.74) is -1.03. The normalized spacial score (nSPS) is 40.8. The zero-order valence-electron chi connectivity index (χ0n) is 28.4. The van der Waals surface area contributed by atoms with E-state index in [1.807, 2.05) is 30.9 Å². The number of likely N-dealkylation sites (tertiary alicyclic amines) is 1. The molecule has 7 heteroatoms. The molecule has 0 aromatic rings. The minimum absolute atomic E-state index is 0.0120. The van der Waals surface area contributed by atoms with Crippen LogP contribution in [0.25, 0.3) is 0 Å². The number of nitriles is 1. The lowest BCUT2D eigenvalue weighted by Gasteiger charge is -2.65. The highest BCUT2D eigenvalue weighted by Crippen LogP contribution is 2.70. The Morgan fingerprint density at radius 2 is 1.55 bits per heavy atom. The fourth-order valence-electron chi connectivity index (χ4n) is 10.1. The van der Waals surface area contributed by atoms with Crippen LogP contribution in [0.4, 0.5) is 4.79 Å². The van der Waals surface area contributed by atoms with E-state index >= 15 is 0 Å². The van der Waals surface area contributed by atoms with Crippen molar-refractivity contribution in [3.8, 4) is 6.07 Å². The number of ketones is 2. The first kappa shape index (κ1) is 32.9. The number of Topliss-reactive ketones (excluding diaryl/α,β-unsaturated/α-hetero) is 1. The molecule has 2 saturated carbocycles. The predicted octanol–water partition coefficient (Wildman–Crippen LogP) is 6.90. The van der Waals surface area contributed by atoms with Gasteiger partial charge in [-0.3, -0.25) is 9.59 Å². The Balaban J connectivity index is 1.55. The van der Waals surface area contributed by atoms with Gasteiger partial charge in [-0.2, -0.15) is 5.26 Å². The van der Waals surface area contributed by atoms with E-state index in [4.69, 9.17) is 0 Å². The Morgan fingerprint density at radius 1 is 0.909 bits per heavy atom. The molecular formula is C37H55N3O4. The number of fused-ring (bicyclic) bond motifs is 5. The summed E-state index contributed by atoms with van der Waals surface area (Å²) in [6.07, 6.45) is 11.6. The molecule has 2 N–H and O–H groups in total. The molecule has 7 nitrogen and oxygen atoms in total. The Labute approximate surface area is 264 Å². The molecule has 6 atom stereocenters. The Kier molecular flexibility index (Phi) is 8.09. The Morgan fingerprint density at radius 3 is 2.18 bits per heavy atom. The maximum atomic E-state index is 14.3. The lowest BCUT2D eigenvalue weighted by Crippen LogP contribution is -2.61. The number of nitrogens with one attached hydrogen (secondary N) is 1. The van der Waals surface area contributed by atoms with E-state index in [0.717, 1.165) is 56.9 Å². The van der Waals surface area contributed by atoms with Gasteiger partial charge in [-0.1, -0.05) is 60.1 Å². The van der Waals surface area contributed by atoms with Crippen molar-refractivity contribution >= 4 is 17.6 Å². The number of urea groups is 1. The molecule has 0 bridgehead atoms. The van der Waals surface area contributed by atoms with Gasteiger partial charge in [0.1, 0.15) is 6.07 Å². The molecule has 3 fully saturated rings. The number of rotatable bonds is 1. The minimum atomic E-state index is -0.689. The van der Waals surface area contributed by atoms with E-state index in [-0.39, 0.29) is 57.4 Å². The van der Waals surface area contributed by atoms with Gasteiger partial charge in [0.15, 0.2) is 11.6 Å². The van der Waals surface area contributed by atoms with Crippen molar-refractivity contribution in [2.75, 3.05) is 13.1 Å². The summed E-state index contributed by atoms with van der Waals surface area (Å²) < 4.78 is 0. The Hall–Kier alpha value is -2.46. The van der Waals surface area contributed by atoms with Gasteiger partial charge in [-0.25, -0.2) is 4.79 Å². The predicted molar refractivity (Wildman–Crippen MR) is 171 cm³/mol. The number of piperidine rings is 1. The molecular weight excluding hydrogens is 550 g/mol. The lowest BCUT2D eigenvalue weighted by molar-refractivity contribution is -0.139. The maximum Gasteiger partial charge on any atom is 0.317 e. The van der Waals surface area contributed by atoms with Gasteiger partial charge in [0.05, 0.1) is 11.7 Å². The highest BCUT2D eigenvalue weighted by atomic mass is 16.3. The molecule has 5 rings (SSSR count). The molecule has 4 aliphatic carbocycles. The summed E-state index contributed by atoms with van der Waals surface area (Å²) in [6.45, 7) is 18.7. The second kappa shape index (κ2) is 10.8. The largest absolute Gasteiger partial charge is 0.393 e. The molecule has 242 valence electrons. The smallest absolute Gasteiger partial charge is 0.317 e. The average molecular weight is 606 g/mol. The van der Waals surface area contributed by atoms with E-state index in [0.29, 0.717) is 25.9 Å². The van der Waals surface area contributed by atoms with Crippen molar-refractivity contribution in [2.24, 2.45) is 38.9 Å². The third-order valence-corrected chi connectivity index (χ3v) is 13.6. The molecule has 1 heterocycles. The number of allylic oxidation sites excluding steroid dienone is 4. The zero-order chi connectivity index (χ0) is 32.5. The molecule has 0 radical (unpaired) electrons. The van der Waals surface area contributed by atoms with Crippen molar-refractivity contribution in [2.45, 2.75) is 131 Å². The summed E-state index contributed by atoms with van der Waals surface area (Å²) >= 11 is 0. The van der Waals surface area contributed by atoms with E-state index in [1.165, 1.54) is 0 Å². The topological polar surface area (TPSA) is 110 Å². The van der Waals surface area contributed by atoms with Crippen molar-refractivity contribution in [1.29, 1.82) is 5.26 Å². The molecule has 0 spiro atoms. The number of aliphatic hydroxyl groups is 1. The molecule has 44 heavy (non-hydrogen) atoms. The van der Waals surface area contributed by atoms with Crippen LogP contribution in [0, 0.1) is 50.2 Å². The van der Waals surface area contributed by atoms with Crippen LogP contribution < -0.4 is 5.32 Å². The molecule has 0 aromatic carbocycles. The first-order valence-corrected chi connectivity index (χ1v) is 17.0. The molecule has 2 amide bonds. The average Bonchev–Trinajstić information content (AvgIpc) is 2.94. The molecule has 1 saturated heterocycles. The summed E-state index contributed by atoms with van der Waals surface area (Å²) in [5, 5.41) is 23.4. The first-order chi connectivity index (χ1) is 20.3. The highest BCUT2D eigenvalue weighted by Gasteiger charge is 2.65. The summed E-state index contributed by atoms with van der Waals surface area (Å²) in [5.74, 6) is -0.0288. The van der Waals surface area contributed by atoms with Gasteiger partial charge in [-0.05, 0) is 99.4 Å². The first-order valence-electron chi connectivity index (χ1n) is 17.0. The number of carbonyl (C=O) groups excluding carboxylic acids is 3. The Bertz CT molecular complexity index is 1330. The van der Waals surface area contributed by atoms with Gasteiger partial charge >= 0.3 is 6.03 Å². The zero-order valence-corrected chi connectivity index (χ0v) is 28.4. The summed E-state index contributed by atoms with van der Waals surface area (Å²) in [6, 6.07) is 2.14. The van der Waals surface area contributed by atoms with E-state index < -0.39 is 16.4 Å². The highest BCUT2D eigenvalue weighted by molar-refractivity contribution is 6.04. The number of hydrogen-bond donors (Lipinski definition) is 2. The third-order valence-electron chi connectivity index (χ3n) is 13.6. The van der Waals surface area contributed by atoms with Crippen LogP contribution in [-0.2, 0) is 9.59 Å². The van der Waals surface area contributed by atoms with Crippen molar-refractivity contribution in [3.63, 3.8) is 0 Å². The van der Waals surface area contributed by atoms with Crippen LogP contribution in [0.1, 0.15) is 120 Å². The van der Waals surface area contributed by atoms with Crippen molar-refractivity contribution in [1.82, 2.24) is 10.2 Å². The second-order valence-corrected chi connectivity index (χ2v) is 17.3. The van der Waals surface area contributed by atoms with Crippen LogP contribution in [-0.4, -0.2) is 52.3 Å². The summed E-state index contributed by atoms with van der Waals surface area (Å²) in [4.78, 5) is 43.1. The van der Waals surface area contributed by atoms with Crippen molar-refractivity contribution < 1.29 is 19.5 Å². The van der Waals surface area contributed by atoms with Gasteiger partial charge in [0, 0.05) is 35.4 Å². The second-order valence-electron chi connectivity index (χ2n) is 17.3. The van der Waals surface area contributed by atoms with Gasteiger partial charge in [-0.15, -0.1) is 0 Å². The van der Waals surface area contributed by atoms with Crippen LogP contribution in [0.5, 0.6) is 0 Å². The molecule has 1 unspecified atom stereocenters. The molecule has 0 aromatic heterocycles. The van der Waals surface area contributed by atoms with E-state index in [1.54, 1.807) is 0 Å². The number of nitrogens with zero attached hydrogens (tertiary/aromatic N) is 2. The fourth-order valence-corrected chi connectivity index (χ4v) is 10.1. The SMILES string of the molecule is CC1(C)CCC2C(=O)C=C3[C@@]4(C)C=C(C#N)C(=O)C(C)(C)[C@@H]4CC[C@@]3(C)[C@]2(C)CC[C@@](C)(NC(=O)N2CCC(O)CC2)CC1. The van der Waals surface area contributed by atoms with Gasteiger partial charge in [0.25, 0.3) is 0 Å². The van der Waals surface area contributed by atoms with Crippen LogP contribution in [0.15, 0.2) is 23.3 Å².